The van der Waals surface area contributed by atoms with Gasteiger partial charge in [0, 0.05) is 13.1 Å². The molecule has 2 aliphatic rings. The molecule has 2 amide bonds. The number of carbonyl (C=O) groups is 2. The van der Waals surface area contributed by atoms with Crippen molar-refractivity contribution in [1.29, 1.82) is 0 Å². The minimum absolute atomic E-state index is 0.168. The Hall–Kier alpha value is -2.90. The number of benzene rings is 1. The van der Waals surface area contributed by atoms with Crippen LogP contribution in [0.25, 0.3) is 5.69 Å². The Labute approximate surface area is 169 Å². The molecule has 2 aromatic rings. The maximum Gasteiger partial charge on any atom is 0.359 e. The van der Waals surface area contributed by atoms with E-state index < -0.39 is 23.4 Å². The Kier molecular flexibility index (Phi) is 4.59. The van der Waals surface area contributed by atoms with E-state index in [-0.39, 0.29) is 11.7 Å². The predicted molar refractivity (Wildman–Crippen MR) is 106 cm³/mol. The Morgan fingerprint density at radius 3 is 2.52 bits per heavy atom. The molecular weight excluding hydrogens is 375 g/mol. The van der Waals surface area contributed by atoms with E-state index in [1.54, 1.807) is 41.2 Å². The average Bonchev–Trinajstić information content (AvgIpc) is 3.30. The average molecular weight is 400 g/mol. The first-order valence-corrected chi connectivity index (χ1v) is 9.86. The molecule has 0 aliphatic carbocycles. The smallest absolute Gasteiger partial charge is 0.359 e. The highest BCUT2D eigenvalue weighted by molar-refractivity contribution is 5.98. The minimum atomic E-state index is -0.669. The van der Waals surface area contributed by atoms with Crippen LogP contribution in [0.5, 0.6) is 0 Å². The maximum absolute atomic E-state index is 14.1. The number of nitrogens with zero attached hydrogens (tertiary/aromatic N) is 4. The van der Waals surface area contributed by atoms with Crippen molar-refractivity contribution in [2.75, 3.05) is 18.0 Å². The number of ether oxygens (including phenoxy) is 1. The standard InChI is InChI=1S/C21H25FN4O3/c1-13-18-17(19(27)29-21(2,3)4)23-12-25(18)15-8-7-14(22)11-16(15)26(13)20(28)24-9-5-6-10-24/h7-8,11-13H,5-6,9-10H2,1-4H3. The second kappa shape index (κ2) is 6.86. The molecule has 0 spiro atoms. The zero-order valence-electron chi connectivity index (χ0n) is 17.1. The highest BCUT2D eigenvalue weighted by Gasteiger charge is 2.39. The van der Waals surface area contributed by atoms with Crippen LogP contribution in [0, 0.1) is 5.82 Å². The summed E-state index contributed by atoms with van der Waals surface area (Å²) in [4.78, 5) is 33.7. The lowest BCUT2D eigenvalue weighted by atomic mass is 10.0. The van der Waals surface area contributed by atoms with Gasteiger partial charge in [0.2, 0.25) is 0 Å². The van der Waals surface area contributed by atoms with Crippen molar-refractivity contribution in [3.8, 4) is 5.69 Å². The molecule has 4 rings (SSSR count). The summed E-state index contributed by atoms with van der Waals surface area (Å²) < 4.78 is 21.3. The molecule has 1 saturated heterocycles. The summed E-state index contributed by atoms with van der Waals surface area (Å²) in [5.41, 5.74) is 1.13. The van der Waals surface area contributed by atoms with Crippen molar-refractivity contribution in [3.63, 3.8) is 0 Å². The van der Waals surface area contributed by atoms with Gasteiger partial charge in [-0.25, -0.2) is 19.0 Å². The number of fused-ring (bicyclic) bond motifs is 3. The number of rotatable bonds is 1. The third-order valence-corrected chi connectivity index (χ3v) is 5.22. The van der Waals surface area contributed by atoms with Crippen LogP contribution in [-0.2, 0) is 4.74 Å². The molecule has 0 N–H and O–H groups in total. The summed E-state index contributed by atoms with van der Waals surface area (Å²) >= 11 is 0. The molecule has 8 heteroatoms. The van der Waals surface area contributed by atoms with Crippen LogP contribution in [-0.4, -0.2) is 45.1 Å². The first-order chi connectivity index (χ1) is 13.7. The zero-order chi connectivity index (χ0) is 20.9. The van der Waals surface area contributed by atoms with E-state index in [0.29, 0.717) is 30.2 Å². The normalized spacial score (nSPS) is 18.4. The van der Waals surface area contributed by atoms with Gasteiger partial charge in [-0.1, -0.05) is 0 Å². The zero-order valence-corrected chi connectivity index (χ0v) is 17.1. The van der Waals surface area contributed by atoms with Gasteiger partial charge in [-0.2, -0.15) is 0 Å². The largest absolute Gasteiger partial charge is 0.455 e. The molecule has 1 aromatic carbocycles. The summed E-state index contributed by atoms with van der Waals surface area (Å²) in [6.07, 6.45) is 3.43. The van der Waals surface area contributed by atoms with E-state index >= 15 is 0 Å². The predicted octanol–water partition coefficient (Wildman–Crippen LogP) is 4.06. The summed E-state index contributed by atoms with van der Waals surface area (Å²) in [5, 5.41) is 0. The molecule has 0 radical (unpaired) electrons. The van der Waals surface area contributed by atoms with Gasteiger partial charge in [0.05, 0.1) is 23.1 Å². The number of hydrogen-bond donors (Lipinski definition) is 0. The number of anilines is 1. The maximum atomic E-state index is 14.1. The monoisotopic (exact) mass is 400 g/mol. The van der Waals surface area contributed by atoms with Crippen molar-refractivity contribution in [2.24, 2.45) is 0 Å². The van der Waals surface area contributed by atoms with E-state index in [2.05, 4.69) is 4.98 Å². The van der Waals surface area contributed by atoms with Gasteiger partial charge in [0.1, 0.15) is 17.7 Å². The van der Waals surface area contributed by atoms with Crippen molar-refractivity contribution in [1.82, 2.24) is 14.5 Å². The summed E-state index contributed by atoms with van der Waals surface area (Å²) in [6.45, 7) is 8.54. The first kappa shape index (κ1) is 19.4. The number of urea groups is 1. The lowest BCUT2D eigenvalue weighted by molar-refractivity contribution is 0.00613. The van der Waals surface area contributed by atoms with Gasteiger partial charge in [-0.15, -0.1) is 0 Å². The molecule has 3 heterocycles. The molecule has 1 fully saturated rings. The second-order valence-corrected chi connectivity index (χ2v) is 8.51. The fraction of sp³-hybridized carbons (Fsp3) is 0.476. The summed E-state index contributed by atoms with van der Waals surface area (Å²) in [6, 6.07) is 3.59. The molecule has 1 unspecified atom stereocenters. The molecule has 1 atom stereocenters. The summed E-state index contributed by atoms with van der Waals surface area (Å²) in [5.74, 6) is -0.969. The molecule has 29 heavy (non-hydrogen) atoms. The van der Waals surface area contributed by atoms with Crippen LogP contribution in [0.2, 0.25) is 0 Å². The molecule has 7 nitrogen and oxygen atoms in total. The van der Waals surface area contributed by atoms with Crippen LogP contribution in [0.3, 0.4) is 0 Å². The summed E-state index contributed by atoms with van der Waals surface area (Å²) in [7, 11) is 0. The lowest BCUT2D eigenvalue weighted by Crippen LogP contribution is -2.46. The van der Waals surface area contributed by atoms with Crippen LogP contribution in [0.1, 0.15) is 62.8 Å². The number of esters is 1. The number of carbonyl (C=O) groups excluding carboxylic acids is 2. The molecular formula is C21H25FN4O3. The number of aromatic nitrogens is 2. The first-order valence-electron chi connectivity index (χ1n) is 9.86. The SMILES string of the molecule is CC1c2c(C(=O)OC(C)(C)C)ncn2-c2ccc(F)cc2N1C(=O)N1CCCC1. The van der Waals surface area contributed by atoms with E-state index in [1.165, 1.54) is 18.5 Å². The minimum Gasteiger partial charge on any atom is -0.455 e. The molecule has 1 aromatic heterocycles. The highest BCUT2D eigenvalue weighted by atomic mass is 19.1. The van der Waals surface area contributed by atoms with Crippen LogP contribution >= 0.6 is 0 Å². The molecule has 154 valence electrons. The highest BCUT2D eigenvalue weighted by Crippen LogP contribution is 2.41. The Balaban J connectivity index is 1.83. The lowest BCUT2D eigenvalue weighted by Gasteiger charge is -2.38. The second-order valence-electron chi connectivity index (χ2n) is 8.51. The van der Waals surface area contributed by atoms with E-state index in [1.807, 2.05) is 6.92 Å². The van der Waals surface area contributed by atoms with Crippen LogP contribution in [0.4, 0.5) is 14.9 Å². The van der Waals surface area contributed by atoms with Crippen molar-refractivity contribution < 1.29 is 18.7 Å². The van der Waals surface area contributed by atoms with E-state index in [0.717, 1.165) is 12.8 Å². The quantitative estimate of drug-likeness (QED) is 0.677. The molecule has 2 aliphatic heterocycles. The number of likely N-dealkylation sites (tertiary alicyclic amines) is 1. The van der Waals surface area contributed by atoms with Crippen LogP contribution in [0.15, 0.2) is 24.5 Å². The van der Waals surface area contributed by atoms with Gasteiger partial charge < -0.3 is 9.64 Å². The van der Waals surface area contributed by atoms with E-state index in [9.17, 15) is 14.0 Å². The van der Waals surface area contributed by atoms with Crippen molar-refractivity contribution in [3.05, 3.63) is 41.7 Å². The Morgan fingerprint density at radius 2 is 1.86 bits per heavy atom. The number of halogens is 1. The van der Waals surface area contributed by atoms with Gasteiger partial charge in [0.25, 0.3) is 0 Å². The van der Waals surface area contributed by atoms with Gasteiger partial charge >= 0.3 is 12.0 Å². The van der Waals surface area contributed by atoms with Gasteiger partial charge in [-0.05, 0) is 58.7 Å². The fourth-order valence-corrected chi connectivity index (χ4v) is 3.99. The number of hydrogen-bond acceptors (Lipinski definition) is 4. The van der Waals surface area contributed by atoms with Crippen molar-refractivity contribution >= 4 is 17.7 Å². The Morgan fingerprint density at radius 1 is 1.17 bits per heavy atom. The van der Waals surface area contributed by atoms with Gasteiger partial charge in [0.15, 0.2) is 5.69 Å². The topological polar surface area (TPSA) is 67.7 Å². The molecule has 0 saturated carbocycles. The van der Waals surface area contributed by atoms with Crippen molar-refractivity contribution in [2.45, 2.75) is 52.2 Å². The third-order valence-electron chi connectivity index (χ3n) is 5.22. The number of imidazole rings is 1. The third kappa shape index (κ3) is 3.36. The van der Waals surface area contributed by atoms with E-state index in [4.69, 9.17) is 4.74 Å². The van der Waals surface area contributed by atoms with Gasteiger partial charge in [-0.3, -0.25) is 9.47 Å². The Bertz CT molecular complexity index is 973. The fourth-order valence-electron chi connectivity index (χ4n) is 3.99. The van der Waals surface area contributed by atoms with Crippen LogP contribution < -0.4 is 4.90 Å². The molecule has 0 bridgehead atoms. The number of amides is 2.